The summed E-state index contributed by atoms with van der Waals surface area (Å²) < 4.78 is 16.0. The predicted octanol–water partition coefficient (Wildman–Crippen LogP) is 4.01. The molecule has 1 aliphatic rings. The molecular formula is C22H30N4O4S. The number of aryl methyl sites for hydroxylation is 1. The molecule has 9 heteroatoms. The van der Waals surface area contributed by atoms with Crippen molar-refractivity contribution in [3.8, 4) is 11.8 Å². The van der Waals surface area contributed by atoms with E-state index in [9.17, 15) is 4.79 Å². The molecule has 0 unspecified atom stereocenters. The first-order valence-electron chi connectivity index (χ1n) is 10.2. The molecule has 0 saturated carbocycles. The highest BCUT2D eigenvalue weighted by molar-refractivity contribution is 7.99. The second-order valence-electron chi connectivity index (χ2n) is 8.26. The van der Waals surface area contributed by atoms with Crippen molar-refractivity contribution in [1.82, 2.24) is 14.9 Å². The number of hydrogen-bond acceptors (Lipinski definition) is 8. The normalized spacial score (nSPS) is 14.4. The molecule has 0 radical (unpaired) electrons. The molecule has 1 saturated heterocycles. The van der Waals surface area contributed by atoms with Crippen LogP contribution in [0, 0.1) is 6.92 Å². The molecule has 0 bridgehead atoms. The van der Waals surface area contributed by atoms with Gasteiger partial charge in [-0.15, -0.1) is 0 Å². The van der Waals surface area contributed by atoms with Gasteiger partial charge in [0.25, 0.3) is 0 Å². The summed E-state index contributed by atoms with van der Waals surface area (Å²) in [5, 5.41) is 0.551. The molecule has 3 rings (SSSR count). The molecule has 1 aromatic heterocycles. The molecule has 31 heavy (non-hydrogen) atoms. The van der Waals surface area contributed by atoms with E-state index >= 15 is 0 Å². The summed E-state index contributed by atoms with van der Waals surface area (Å²) >= 11 is 1.47. The van der Waals surface area contributed by atoms with Crippen LogP contribution in [0.1, 0.15) is 26.3 Å². The summed E-state index contributed by atoms with van der Waals surface area (Å²) in [4.78, 5) is 26.3. The number of nitrogens with zero attached hydrogens (tertiary/aromatic N) is 4. The van der Waals surface area contributed by atoms with Gasteiger partial charge in [0.05, 0.1) is 26.0 Å². The van der Waals surface area contributed by atoms with Gasteiger partial charge in [0.15, 0.2) is 5.16 Å². The van der Waals surface area contributed by atoms with Gasteiger partial charge in [0.1, 0.15) is 5.60 Å². The number of aromatic nitrogens is 2. The van der Waals surface area contributed by atoms with Gasteiger partial charge in [-0.1, -0.05) is 6.07 Å². The van der Waals surface area contributed by atoms with Crippen LogP contribution in [0.2, 0.25) is 0 Å². The van der Waals surface area contributed by atoms with Gasteiger partial charge in [-0.25, -0.2) is 4.79 Å². The highest BCUT2D eigenvalue weighted by atomic mass is 32.2. The van der Waals surface area contributed by atoms with Crippen LogP contribution < -0.4 is 14.4 Å². The topological polar surface area (TPSA) is 77.0 Å². The lowest BCUT2D eigenvalue weighted by Crippen LogP contribution is -2.50. The van der Waals surface area contributed by atoms with Crippen LogP contribution in [0.15, 0.2) is 34.3 Å². The Labute approximate surface area is 187 Å². The Kier molecular flexibility index (Phi) is 7.15. The highest BCUT2D eigenvalue weighted by Gasteiger charge is 2.27. The Hall–Kier alpha value is -2.68. The van der Waals surface area contributed by atoms with E-state index in [1.54, 1.807) is 25.2 Å². The van der Waals surface area contributed by atoms with Crippen molar-refractivity contribution in [2.75, 3.05) is 45.3 Å². The SMILES string of the molecule is COc1cc(OC)nc(Sc2cc(C)ccc2N2CCN(C(=O)OC(C)(C)C)CC2)n1. The minimum Gasteiger partial charge on any atom is -0.481 e. The number of anilines is 1. The number of amides is 1. The first-order chi connectivity index (χ1) is 14.7. The largest absolute Gasteiger partial charge is 0.481 e. The third-order valence-electron chi connectivity index (χ3n) is 4.67. The molecule has 0 spiro atoms. The molecule has 0 atom stereocenters. The van der Waals surface area contributed by atoms with E-state index in [1.807, 2.05) is 20.8 Å². The molecule has 168 valence electrons. The minimum atomic E-state index is -0.493. The van der Waals surface area contributed by atoms with Crippen molar-refractivity contribution in [3.05, 3.63) is 29.8 Å². The molecule has 2 heterocycles. The fraction of sp³-hybridized carbons (Fsp3) is 0.500. The number of benzene rings is 1. The lowest BCUT2D eigenvalue weighted by molar-refractivity contribution is 0.0240. The average molecular weight is 447 g/mol. The van der Waals surface area contributed by atoms with Crippen LogP contribution in [0.5, 0.6) is 11.8 Å². The average Bonchev–Trinajstić information content (AvgIpc) is 2.72. The molecule has 1 aliphatic heterocycles. The minimum absolute atomic E-state index is 0.262. The molecule has 1 fully saturated rings. The summed E-state index contributed by atoms with van der Waals surface area (Å²) in [5.74, 6) is 0.907. The van der Waals surface area contributed by atoms with Crippen LogP contribution in [0.25, 0.3) is 0 Å². The predicted molar refractivity (Wildman–Crippen MR) is 120 cm³/mol. The maximum atomic E-state index is 12.4. The monoisotopic (exact) mass is 446 g/mol. The van der Waals surface area contributed by atoms with E-state index in [4.69, 9.17) is 14.2 Å². The van der Waals surface area contributed by atoms with Crippen LogP contribution in [-0.4, -0.2) is 67.0 Å². The quantitative estimate of drug-likeness (QED) is 0.638. The second kappa shape index (κ2) is 9.64. The summed E-state index contributed by atoms with van der Waals surface area (Å²) in [5.41, 5.74) is 1.74. The second-order valence-corrected chi connectivity index (χ2v) is 9.27. The van der Waals surface area contributed by atoms with Crippen molar-refractivity contribution in [2.24, 2.45) is 0 Å². The molecule has 0 aliphatic carbocycles. The molecule has 2 aromatic rings. The van der Waals surface area contributed by atoms with E-state index in [-0.39, 0.29) is 6.09 Å². The van der Waals surface area contributed by atoms with Gasteiger partial charge >= 0.3 is 6.09 Å². The van der Waals surface area contributed by atoms with Crippen molar-refractivity contribution in [1.29, 1.82) is 0 Å². The zero-order chi connectivity index (χ0) is 22.6. The van der Waals surface area contributed by atoms with Gasteiger partial charge in [0, 0.05) is 31.1 Å². The maximum Gasteiger partial charge on any atom is 0.410 e. The van der Waals surface area contributed by atoms with Gasteiger partial charge < -0.3 is 24.0 Å². The first kappa shape index (κ1) is 23.0. The van der Waals surface area contributed by atoms with E-state index in [2.05, 4.69) is 40.0 Å². The van der Waals surface area contributed by atoms with Crippen molar-refractivity contribution >= 4 is 23.5 Å². The van der Waals surface area contributed by atoms with E-state index in [1.165, 1.54) is 11.8 Å². The van der Waals surface area contributed by atoms with Crippen molar-refractivity contribution < 1.29 is 19.0 Å². The van der Waals surface area contributed by atoms with Crippen molar-refractivity contribution in [2.45, 2.75) is 43.3 Å². The summed E-state index contributed by atoms with van der Waals surface area (Å²) in [7, 11) is 3.14. The molecule has 1 amide bonds. The lowest BCUT2D eigenvalue weighted by Gasteiger charge is -2.37. The first-order valence-corrected chi connectivity index (χ1v) is 11.0. The smallest absolute Gasteiger partial charge is 0.410 e. The fourth-order valence-electron chi connectivity index (χ4n) is 3.16. The number of hydrogen-bond donors (Lipinski definition) is 0. The van der Waals surface area contributed by atoms with Crippen molar-refractivity contribution in [3.63, 3.8) is 0 Å². The Balaban J connectivity index is 1.76. The highest BCUT2D eigenvalue weighted by Crippen LogP contribution is 2.36. The summed E-state index contributed by atoms with van der Waals surface area (Å²) in [6.07, 6.45) is -0.262. The number of carbonyl (C=O) groups is 1. The third kappa shape index (κ3) is 6.16. The van der Waals surface area contributed by atoms with Crippen LogP contribution in [0.3, 0.4) is 0 Å². The van der Waals surface area contributed by atoms with Crippen LogP contribution in [0.4, 0.5) is 10.5 Å². The summed E-state index contributed by atoms with van der Waals surface area (Å²) in [6.45, 7) is 10.4. The number of ether oxygens (including phenoxy) is 3. The van der Waals surface area contributed by atoms with E-state index < -0.39 is 5.60 Å². The van der Waals surface area contributed by atoms with Gasteiger partial charge in [0.2, 0.25) is 11.8 Å². The zero-order valence-electron chi connectivity index (χ0n) is 19.0. The Morgan fingerprint density at radius 3 is 2.16 bits per heavy atom. The number of piperazine rings is 1. The molecule has 1 aromatic carbocycles. The molecule has 0 N–H and O–H groups in total. The fourth-order valence-corrected chi connectivity index (χ4v) is 4.17. The third-order valence-corrected chi connectivity index (χ3v) is 5.58. The molecule has 8 nitrogen and oxygen atoms in total. The van der Waals surface area contributed by atoms with E-state index in [0.29, 0.717) is 30.0 Å². The maximum absolute atomic E-state index is 12.4. The Bertz CT molecular complexity index is 902. The molecular weight excluding hydrogens is 416 g/mol. The number of rotatable bonds is 5. The Morgan fingerprint density at radius 2 is 1.61 bits per heavy atom. The standard InChI is InChI=1S/C22H30N4O4S/c1-15-7-8-16(25-9-11-26(12-10-25)21(27)30-22(2,3)4)17(13-15)31-20-23-18(28-5)14-19(24-20)29-6/h7-8,13-14H,9-12H2,1-6H3. The number of carbonyl (C=O) groups excluding carboxylic acids is 1. The summed E-state index contributed by atoms with van der Waals surface area (Å²) in [6, 6.07) is 7.97. The Morgan fingerprint density at radius 1 is 1.00 bits per heavy atom. The zero-order valence-corrected chi connectivity index (χ0v) is 19.8. The van der Waals surface area contributed by atoms with Gasteiger partial charge in [-0.3, -0.25) is 0 Å². The lowest BCUT2D eigenvalue weighted by atomic mass is 10.2. The van der Waals surface area contributed by atoms with Crippen LogP contribution >= 0.6 is 11.8 Å². The van der Waals surface area contributed by atoms with Gasteiger partial charge in [-0.05, 0) is 57.2 Å². The number of methoxy groups -OCH3 is 2. The van der Waals surface area contributed by atoms with Crippen LogP contribution in [-0.2, 0) is 4.74 Å². The van der Waals surface area contributed by atoms with E-state index in [0.717, 1.165) is 29.2 Å². The van der Waals surface area contributed by atoms with Gasteiger partial charge in [-0.2, -0.15) is 9.97 Å².